The van der Waals surface area contributed by atoms with Gasteiger partial charge in [-0.25, -0.2) is 15.3 Å². The van der Waals surface area contributed by atoms with Gasteiger partial charge in [-0.2, -0.15) is 13.2 Å². The first kappa shape index (κ1) is 44.6. The molecule has 0 saturated heterocycles. The molecule has 8 N–H and O–H groups in total. The lowest BCUT2D eigenvalue weighted by Crippen LogP contribution is -2.44. The van der Waals surface area contributed by atoms with Crippen LogP contribution in [0, 0.1) is 6.92 Å². The van der Waals surface area contributed by atoms with Crippen LogP contribution in [0.5, 0.6) is 0 Å². The van der Waals surface area contributed by atoms with E-state index in [1.54, 1.807) is 43.3 Å². The number of anilines is 3. The van der Waals surface area contributed by atoms with E-state index in [-0.39, 0.29) is 35.8 Å². The van der Waals surface area contributed by atoms with Crippen LogP contribution in [0.2, 0.25) is 0 Å². The molecule has 1 aliphatic carbocycles. The minimum absolute atomic E-state index is 0.0863. The van der Waals surface area contributed by atoms with E-state index < -0.39 is 47.9 Å². The number of unbranched alkanes of at least 4 members (excludes halogenated alkanes) is 1. The molecule has 0 spiro atoms. The average Bonchev–Trinajstić information content (AvgIpc) is 3.61. The van der Waals surface area contributed by atoms with Crippen LogP contribution < -0.4 is 37.4 Å². The van der Waals surface area contributed by atoms with Crippen molar-refractivity contribution in [1.82, 2.24) is 21.4 Å². The Morgan fingerprint density at radius 2 is 1.48 bits per heavy atom. The van der Waals surface area contributed by atoms with Crippen molar-refractivity contribution in [2.45, 2.75) is 50.6 Å². The van der Waals surface area contributed by atoms with Crippen LogP contribution in [0.1, 0.15) is 68.2 Å². The Morgan fingerprint density at radius 1 is 0.781 bits per heavy atom. The van der Waals surface area contributed by atoms with E-state index in [0.717, 1.165) is 40.5 Å². The summed E-state index contributed by atoms with van der Waals surface area (Å²) in [6, 6.07) is 30.6. The first-order chi connectivity index (χ1) is 30.9. The van der Waals surface area contributed by atoms with Crippen molar-refractivity contribution < 1.29 is 42.3 Å². The molecule has 0 radical (unpaired) electrons. The molecule has 0 aromatic heterocycles. The average molecular weight is 875 g/mol. The maximum Gasteiger partial charge on any atom is 0.416 e. The molecule has 7 rings (SSSR count). The van der Waals surface area contributed by atoms with Crippen molar-refractivity contribution in [2.75, 3.05) is 29.1 Å². The van der Waals surface area contributed by atoms with E-state index in [1.165, 1.54) is 24.5 Å². The summed E-state index contributed by atoms with van der Waals surface area (Å²) < 4.78 is 45.2. The van der Waals surface area contributed by atoms with E-state index in [4.69, 9.17) is 9.94 Å². The number of nitrogens with zero attached hydrogens (tertiary/aromatic N) is 1. The normalized spacial score (nSPS) is 14.5. The smallest absolute Gasteiger partial charge is 0.416 e. The zero-order chi connectivity index (χ0) is 45.2. The Bertz CT molecular complexity index is 2550. The molecule has 5 aromatic rings. The zero-order valence-electron chi connectivity index (χ0n) is 34.5. The van der Waals surface area contributed by atoms with Crippen LogP contribution in [-0.2, 0) is 15.7 Å². The Balaban J connectivity index is 0.918. The third-order valence-electron chi connectivity index (χ3n) is 10.6. The van der Waals surface area contributed by atoms with Gasteiger partial charge in [-0.15, -0.1) is 0 Å². The second kappa shape index (κ2) is 20.1. The van der Waals surface area contributed by atoms with Gasteiger partial charge in [0.2, 0.25) is 5.91 Å². The van der Waals surface area contributed by atoms with Crippen molar-refractivity contribution in [3.8, 4) is 11.1 Å². The van der Waals surface area contributed by atoms with Crippen LogP contribution in [0.15, 0.2) is 132 Å². The first-order valence-corrected chi connectivity index (χ1v) is 20.4. The molecule has 0 fully saturated rings. The summed E-state index contributed by atoms with van der Waals surface area (Å²) in [5.74, 6) is -1.89. The van der Waals surface area contributed by atoms with Gasteiger partial charge >= 0.3 is 12.3 Å². The predicted octanol–water partition coefficient (Wildman–Crippen LogP) is 7.90. The molecule has 1 unspecified atom stereocenters. The monoisotopic (exact) mass is 874 g/mol. The number of fused-ring (bicyclic) bond motifs is 3. The number of halogens is 3. The third kappa shape index (κ3) is 11.1. The van der Waals surface area contributed by atoms with Gasteiger partial charge in [-0.05, 0) is 103 Å². The Kier molecular flexibility index (Phi) is 14.0. The summed E-state index contributed by atoms with van der Waals surface area (Å²) in [5, 5.41) is 26.2. The summed E-state index contributed by atoms with van der Waals surface area (Å²) in [6.07, 6.45) is -1.66. The number of alkyl halides is 3. The molecule has 17 heteroatoms. The SMILES string of the molecule is Cc1ccc(NC(=O)c2cccc(C(F)(F)F)c2)cc1C(=O)NC1=CNC(Nc2cccc(NC(=O)[C@@H](CCCCNO)NC(=O)OCC3c4ccccc4-c4ccccc43)c2)N=C1. The number of hydrogen-bond donors (Lipinski definition) is 8. The molecule has 5 aromatic carbocycles. The second-order valence-corrected chi connectivity index (χ2v) is 15.1. The lowest BCUT2D eigenvalue weighted by atomic mass is 9.98. The number of allylic oxidation sites excluding steroid dienone is 1. The lowest BCUT2D eigenvalue weighted by molar-refractivity contribution is -0.137. The van der Waals surface area contributed by atoms with Crippen LogP contribution in [-0.4, -0.2) is 60.7 Å². The van der Waals surface area contributed by atoms with Crippen molar-refractivity contribution in [1.29, 1.82) is 0 Å². The fourth-order valence-corrected chi connectivity index (χ4v) is 7.41. The highest BCUT2D eigenvalue weighted by molar-refractivity contribution is 6.06. The van der Waals surface area contributed by atoms with E-state index in [0.29, 0.717) is 42.0 Å². The maximum absolute atomic E-state index is 13.6. The number of benzene rings is 5. The fourth-order valence-electron chi connectivity index (χ4n) is 7.41. The van der Waals surface area contributed by atoms with E-state index >= 15 is 0 Å². The highest BCUT2D eigenvalue weighted by Gasteiger charge is 2.32. The number of alkyl carbamates (subject to hydrolysis) is 1. The number of hydrogen-bond acceptors (Lipinski definition) is 10. The topological polar surface area (TPSA) is 194 Å². The lowest BCUT2D eigenvalue weighted by Gasteiger charge is -2.22. The van der Waals surface area contributed by atoms with Crippen LogP contribution in [0.4, 0.5) is 35.0 Å². The van der Waals surface area contributed by atoms with Gasteiger partial charge in [-0.3, -0.25) is 14.4 Å². The standard InChI is InChI=1S/C47H45F3N8O6/c1-28-19-20-33(54-42(59)29-10-8-11-30(22-29)47(48,49)50)24-39(28)43(60)56-34-25-51-45(52-26-34)57-32-13-9-12-31(23-32)55-44(61)41(18-6-7-21-53-63)58-46(62)64-27-40-37-16-4-2-14-35(37)36-15-3-5-17-38(36)40/h2-5,8-17,19-20,22-26,40-41,45,51,53,57,63H,6-7,18,21,27H2,1H3,(H,54,59)(H,55,61)(H,56,60)(H,58,62)/t41-,45?/m1/s1. The summed E-state index contributed by atoms with van der Waals surface area (Å²) in [6.45, 7) is 2.10. The number of nitrogens with one attached hydrogen (secondary N) is 7. The van der Waals surface area contributed by atoms with Gasteiger partial charge in [0, 0.05) is 46.9 Å². The Hall–Kier alpha value is -7.50. The van der Waals surface area contributed by atoms with E-state index in [1.807, 2.05) is 48.5 Å². The van der Waals surface area contributed by atoms with Gasteiger partial charge in [0.25, 0.3) is 11.8 Å². The van der Waals surface area contributed by atoms with Crippen LogP contribution in [0.25, 0.3) is 11.1 Å². The van der Waals surface area contributed by atoms with Crippen molar-refractivity contribution >= 4 is 47.1 Å². The molecule has 14 nitrogen and oxygen atoms in total. The molecule has 64 heavy (non-hydrogen) atoms. The predicted molar refractivity (Wildman–Crippen MR) is 236 cm³/mol. The number of amides is 4. The van der Waals surface area contributed by atoms with E-state index in [2.05, 4.69) is 42.4 Å². The zero-order valence-corrected chi connectivity index (χ0v) is 34.5. The van der Waals surface area contributed by atoms with Gasteiger partial charge in [0.15, 0.2) is 6.29 Å². The molecular weight excluding hydrogens is 830 g/mol. The summed E-state index contributed by atoms with van der Waals surface area (Å²) in [5.41, 5.74) is 7.65. The van der Waals surface area contributed by atoms with Gasteiger partial charge < -0.3 is 41.8 Å². The number of ether oxygens (including phenoxy) is 1. The number of aliphatic imine (C=N–C) groups is 1. The van der Waals surface area contributed by atoms with Crippen LogP contribution in [0.3, 0.4) is 0 Å². The largest absolute Gasteiger partial charge is 0.449 e. The van der Waals surface area contributed by atoms with Crippen molar-refractivity contribution in [2.24, 2.45) is 4.99 Å². The van der Waals surface area contributed by atoms with Crippen LogP contribution >= 0.6 is 0 Å². The number of rotatable bonds is 16. The number of aryl methyl sites for hydroxylation is 1. The molecule has 1 aliphatic heterocycles. The summed E-state index contributed by atoms with van der Waals surface area (Å²) in [4.78, 5) is 57.3. The molecule has 0 bridgehead atoms. The highest BCUT2D eigenvalue weighted by atomic mass is 19.4. The molecule has 0 saturated carbocycles. The Labute approximate surface area is 366 Å². The van der Waals surface area contributed by atoms with Gasteiger partial charge in [0.05, 0.1) is 17.5 Å². The third-order valence-corrected chi connectivity index (χ3v) is 10.6. The fraction of sp³-hybridized carbons (Fsp3) is 0.213. The quantitative estimate of drug-likeness (QED) is 0.0359. The minimum Gasteiger partial charge on any atom is -0.449 e. The molecular formula is C47H45F3N8O6. The number of carbonyl (C=O) groups is 4. The second-order valence-electron chi connectivity index (χ2n) is 15.1. The first-order valence-electron chi connectivity index (χ1n) is 20.4. The van der Waals surface area contributed by atoms with E-state index in [9.17, 15) is 32.3 Å². The summed E-state index contributed by atoms with van der Waals surface area (Å²) in [7, 11) is 0. The van der Waals surface area contributed by atoms with Crippen molar-refractivity contribution in [3.05, 3.63) is 161 Å². The Morgan fingerprint density at radius 3 is 2.19 bits per heavy atom. The van der Waals surface area contributed by atoms with Gasteiger partial charge in [0.1, 0.15) is 12.6 Å². The maximum atomic E-state index is 13.6. The van der Waals surface area contributed by atoms with Gasteiger partial charge in [-0.1, -0.05) is 66.7 Å². The number of carbonyl (C=O) groups excluding carboxylic acids is 4. The minimum atomic E-state index is -4.61. The van der Waals surface area contributed by atoms with Crippen molar-refractivity contribution in [3.63, 3.8) is 0 Å². The molecule has 2 aliphatic rings. The highest BCUT2D eigenvalue weighted by Crippen LogP contribution is 2.44. The summed E-state index contributed by atoms with van der Waals surface area (Å²) >= 11 is 0. The molecule has 330 valence electrons. The molecule has 2 atom stereocenters. The number of hydroxylamine groups is 1. The molecule has 4 amide bonds. The molecule has 1 heterocycles.